The van der Waals surface area contributed by atoms with E-state index < -0.39 is 12.1 Å². The number of Topliss-reactive ketones (excluding diaryl/α,β-unsaturated/α-hetero) is 1. The van der Waals surface area contributed by atoms with Gasteiger partial charge in [-0.25, -0.2) is 4.79 Å². The highest BCUT2D eigenvalue weighted by Gasteiger charge is 2.25. The summed E-state index contributed by atoms with van der Waals surface area (Å²) in [6.07, 6.45) is -0.294. The van der Waals surface area contributed by atoms with Gasteiger partial charge in [0.1, 0.15) is 6.04 Å². The van der Waals surface area contributed by atoms with Crippen molar-refractivity contribution in [3.8, 4) is 0 Å². The summed E-state index contributed by atoms with van der Waals surface area (Å²) in [5, 5.41) is 2.43. The summed E-state index contributed by atoms with van der Waals surface area (Å²) in [7, 11) is 2.75. The molecule has 0 aliphatic carbocycles. The molecule has 1 amide bonds. The number of carbonyl (C=O) groups is 2. The zero-order valence-electron chi connectivity index (χ0n) is 8.99. The van der Waals surface area contributed by atoms with E-state index in [1.54, 1.807) is 0 Å². The second-order valence-corrected chi connectivity index (χ2v) is 2.91. The lowest BCUT2D eigenvalue weighted by Crippen LogP contribution is -2.48. The molecule has 0 saturated heterocycles. The van der Waals surface area contributed by atoms with Gasteiger partial charge in [0.05, 0.1) is 13.2 Å². The van der Waals surface area contributed by atoms with Gasteiger partial charge in [-0.05, 0) is 13.3 Å². The van der Waals surface area contributed by atoms with Crippen molar-refractivity contribution in [3.05, 3.63) is 0 Å². The van der Waals surface area contributed by atoms with Crippen molar-refractivity contribution in [2.75, 3.05) is 14.2 Å². The van der Waals surface area contributed by atoms with Gasteiger partial charge in [-0.3, -0.25) is 4.79 Å². The lowest BCUT2D eigenvalue weighted by Gasteiger charge is -2.22. The molecule has 0 spiro atoms. The number of hydrogen-bond acceptors (Lipinski definition) is 4. The van der Waals surface area contributed by atoms with Crippen molar-refractivity contribution in [2.24, 2.45) is 0 Å². The average molecular weight is 203 g/mol. The van der Waals surface area contributed by atoms with Crippen LogP contribution in [-0.4, -0.2) is 38.2 Å². The summed E-state index contributed by atoms with van der Waals surface area (Å²) in [5.41, 5.74) is 0. The van der Waals surface area contributed by atoms with Crippen LogP contribution in [0.2, 0.25) is 0 Å². The highest BCUT2D eigenvalue weighted by molar-refractivity contribution is 5.86. The SMILES string of the molecule is CC[C@@H](OC)[C@H](NC(=O)OC)C(C)=O. The highest BCUT2D eigenvalue weighted by Crippen LogP contribution is 2.04. The predicted molar refractivity (Wildman–Crippen MR) is 51.1 cm³/mol. The fourth-order valence-electron chi connectivity index (χ4n) is 1.18. The molecule has 0 saturated carbocycles. The van der Waals surface area contributed by atoms with E-state index in [-0.39, 0.29) is 11.9 Å². The number of rotatable bonds is 5. The molecule has 5 nitrogen and oxygen atoms in total. The molecule has 0 aromatic rings. The molecule has 0 fully saturated rings. The zero-order valence-corrected chi connectivity index (χ0v) is 8.99. The predicted octanol–water partition coefficient (Wildman–Crippen LogP) is 0.725. The van der Waals surface area contributed by atoms with Crippen LogP contribution >= 0.6 is 0 Å². The summed E-state index contributed by atoms with van der Waals surface area (Å²) in [4.78, 5) is 22.1. The van der Waals surface area contributed by atoms with E-state index in [9.17, 15) is 9.59 Å². The quantitative estimate of drug-likeness (QED) is 0.715. The molecular formula is C9H17NO4. The highest BCUT2D eigenvalue weighted by atomic mass is 16.5. The Kier molecular flexibility index (Phi) is 5.87. The van der Waals surface area contributed by atoms with Gasteiger partial charge in [0.25, 0.3) is 0 Å². The molecule has 0 aromatic carbocycles. The fraction of sp³-hybridized carbons (Fsp3) is 0.778. The van der Waals surface area contributed by atoms with Crippen LogP contribution in [0.5, 0.6) is 0 Å². The summed E-state index contributed by atoms with van der Waals surface area (Å²) in [5.74, 6) is -0.149. The van der Waals surface area contributed by atoms with Gasteiger partial charge in [-0.2, -0.15) is 0 Å². The van der Waals surface area contributed by atoms with E-state index in [0.29, 0.717) is 6.42 Å². The molecule has 0 aliphatic rings. The molecule has 5 heteroatoms. The van der Waals surface area contributed by atoms with Gasteiger partial charge in [0, 0.05) is 7.11 Å². The third-order valence-corrected chi connectivity index (χ3v) is 1.97. The number of carbonyl (C=O) groups excluding carboxylic acids is 2. The number of ether oxygens (including phenoxy) is 2. The number of ketones is 1. The standard InChI is InChI=1S/C9H17NO4/c1-5-7(13-3)8(6(2)11)10-9(12)14-4/h7-8H,5H2,1-4H3,(H,10,12)/t7-,8-/m1/s1. The lowest BCUT2D eigenvalue weighted by atomic mass is 10.1. The van der Waals surface area contributed by atoms with Crippen molar-refractivity contribution in [1.82, 2.24) is 5.32 Å². The first-order valence-electron chi connectivity index (χ1n) is 4.44. The minimum atomic E-state index is -0.641. The molecule has 0 aromatic heterocycles. The van der Waals surface area contributed by atoms with Crippen LogP contribution < -0.4 is 5.32 Å². The zero-order chi connectivity index (χ0) is 11.1. The first-order chi connectivity index (χ1) is 6.56. The number of alkyl carbamates (subject to hydrolysis) is 1. The molecule has 0 radical (unpaired) electrons. The fourth-order valence-corrected chi connectivity index (χ4v) is 1.18. The summed E-state index contributed by atoms with van der Waals surface area (Å²) in [6, 6.07) is -0.641. The molecule has 14 heavy (non-hydrogen) atoms. The van der Waals surface area contributed by atoms with Gasteiger partial charge >= 0.3 is 6.09 Å². The summed E-state index contributed by atoms with van der Waals surface area (Å²) < 4.78 is 9.49. The largest absolute Gasteiger partial charge is 0.453 e. The summed E-state index contributed by atoms with van der Waals surface area (Å²) in [6.45, 7) is 3.28. The molecule has 0 heterocycles. The normalized spacial score (nSPS) is 14.3. The number of nitrogens with one attached hydrogen (secondary N) is 1. The Labute approximate surface area is 83.8 Å². The Morgan fingerprint density at radius 3 is 2.21 bits per heavy atom. The molecule has 0 bridgehead atoms. The lowest BCUT2D eigenvalue weighted by molar-refractivity contribution is -0.122. The summed E-state index contributed by atoms with van der Waals surface area (Å²) >= 11 is 0. The van der Waals surface area contributed by atoms with Gasteiger partial charge < -0.3 is 14.8 Å². The van der Waals surface area contributed by atoms with E-state index in [0.717, 1.165) is 0 Å². The van der Waals surface area contributed by atoms with Gasteiger partial charge in [-0.15, -0.1) is 0 Å². The topological polar surface area (TPSA) is 64.6 Å². The van der Waals surface area contributed by atoms with Crippen LogP contribution in [0.15, 0.2) is 0 Å². The van der Waals surface area contributed by atoms with Crippen molar-refractivity contribution >= 4 is 11.9 Å². The number of amides is 1. The van der Waals surface area contributed by atoms with Crippen LogP contribution in [0.1, 0.15) is 20.3 Å². The van der Waals surface area contributed by atoms with Gasteiger partial charge in [0.15, 0.2) is 5.78 Å². The van der Waals surface area contributed by atoms with Crippen molar-refractivity contribution < 1.29 is 19.1 Å². The Bertz CT molecular complexity index is 201. The van der Waals surface area contributed by atoms with Crippen LogP contribution in [0.3, 0.4) is 0 Å². The number of methoxy groups -OCH3 is 2. The van der Waals surface area contributed by atoms with Crippen molar-refractivity contribution in [2.45, 2.75) is 32.4 Å². The van der Waals surface area contributed by atoms with E-state index in [2.05, 4.69) is 10.1 Å². The third kappa shape index (κ3) is 3.74. The average Bonchev–Trinajstić information content (AvgIpc) is 2.17. The van der Waals surface area contributed by atoms with Crippen LogP contribution in [0.4, 0.5) is 4.79 Å². The second kappa shape index (κ2) is 6.37. The first kappa shape index (κ1) is 12.9. The van der Waals surface area contributed by atoms with Crippen molar-refractivity contribution in [3.63, 3.8) is 0 Å². The molecule has 0 rings (SSSR count). The first-order valence-corrected chi connectivity index (χ1v) is 4.44. The third-order valence-electron chi connectivity index (χ3n) is 1.97. The molecule has 1 N–H and O–H groups in total. The van der Waals surface area contributed by atoms with Crippen LogP contribution in [0.25, 0.3) is 0 Å². The number of hydrogen-bond donors (Lipinski definition) is 1. The second-order valence-electron chi connectivity index (χ2n) is 2.91. The maximum Gasteiger partial charge on any atom is 0.407 e. The van der Waals surface area contributed by atoms with Crippen molar-refractivity contribution in [1.29, 1.82) is 0 Å². The maximum absolute atomic E-state index is 11.2. The Morgan fingerprint density at radius 1 is 1.36 bits per heavy atom. The molecule has 82 valence electrons. The Hall–Kier alpha value is -1.10. The maximum atomic E-state index is 11.2. The van der Waals surface area contributed by atoms with E-state index in [1.807, 2.05) is 6.92 Å². The van der Waals surface area contributed by atoms with Crippen LogP contribution in [-0.2, 0) is 14.3 Å². The minimum absolute atomic E-state index is 0.149. The van der Waals surface area contributed by atoms with Gasteiger partial charge in [-0.1, -0.05) is 6.92 Å². The Morgan fingerprint density at radius 2 is 1.93 bits per heavy atom. The van der Waals surface area contributed by atoms with E-state index in [1.165, 1.54) is 21.1 Å². The monoisotopic (exact) mass is 203 g/mol. The van der Waals surface area contributed by atoms with E-state index >= 15 is 0 Å². The molecule has 0 unspecified atom stereocenters. The molecular weight excluding hydrogens is 186 g/mol. The molecule has 2 atom stereocenters. The molecule has 0 aliphatic heterocycles. The minimum Gasteiger partial charge on any atom is -0.453 e. The van der Waals surface area contributed by atoms with Crippen LogP contribution in [0, 0.1) is 0 Å². The van der Waals surface area contributed by atoms with E-state index in [4.69, 9.17) is 4.74 Å². The smallest absolute Gasteiger partial charge is 0.407 e. The van der Waals surface area contributed by atoms with Gasteiger partial charge in [0.2, 0.25) is 0 Å². The Balaban J connectivity index is 4.42.